The molecule has 0 aliphatic rings. The summed E-state index contributed by atoms with van der Waals surface area (Å²) in [7, 11) is -0.792. The van der Waals surface area contributed by atoms with Crippen molar-refractivity contribution in [1.29, 1.82) is 0 Å². The molecule has 4 rings (SSSR count). The van der Waals surface area contributed by atoms with Gasteiger partial charge in [0.25, 0.3) is 0 Å². The summed E-state index contributed by atoms with van der Waals surface area (Å²) in [5, 5.41) is 9.37. The van der Waals surface area contributed by atoms with Crippen molar-refractivity contribution < 1.29 is 27.1 Å². The number of esters is 1. The predicted molar refractivity (Wildman–Crippen MR) is 143 cm³/mol. The van der Waals surface area contributed by atoms with E-state index in [-0.39, 0.29) is 10.7 Å². The van der Waals surface area contributed by atoms with Crippen LogP contribution in [0.5, 0.6) is 5.75 Å². The van der Waals surface area contributed by atoms with E-state index in [9.17, 15) is 13.2 Å². The third kappa shape index (κ3) is 5.62. The van der Waals surface area contributed by atoms with Gasteiger partial charge < -0.3 is 13.9 Å². The van der Waals surface area contributed by atoms with Gasteiger partial charge in [-0.15, -0.1) is 10.2 Å². The Labute approximate surface area is 225 Å². The molecule has 0 saturated carbocycles. The van der Waals surface area contributed by atoms with Gasteiger partial charge in [0.1, 0.15) is 11.5 Å². The molecule has 0 unspecified atom stereocenters. The number of hydrogen-bond acceptors (Lipinski definition) is 9. The van der Waals surface area contributed by atoms with E-state index >= 15 is 0 Å². The summed E-state index contributed by atoms with van der Waals surface area (Å²) in [6.07, 6.45) is 0. The number of nitrogens with zero attached hydrogens (tertiary/aromatic N) is 4. The summed E-state index contributed by atoms with van der Waals surface area (Å²) >= 11 is 1.35. The minimum atomic E-state index is -3.67. The van der Waals surface area contributed by atoms with Crippen molar-refractivity contribution >= 4 is 27.8 Å². The number of furan rings is 1. The van der Waals surface area contributed by atoms with Gasteiger partial charge in [-0.25, -0.2) is 13.2 Å². The maximum Gasteiger partial charge on any atom is 0.373 e. The molecule has 38 heavy (non-hydrogen) atoms. The Bertz CT molecular complexity index is 1530. The minimum absolute atomic E-state index is 0.115. The molecule has 0 fully saturated rings. The van der Waals surface area contributed by atoms with Gasteiger partial charge in [0.15, 0.2) is 11.0 Å². The number of thioether (sulfide) groups is 1. The third-order valence-electron chi connectivity index (χ3n) is 5.77. The second-order valence-electron chi connectivity index (χ2n) is 8.01. The van der Waals surface area contributed by atoms with Gasteiger partial charge in [-0.3, -0.25) is 4.57 Å². The monoisotopic (exact) mass is 556 g/mol. The maximum atomic E-state index is 13.2. The molecule has 0 N–H and O–H groups in total. The summed E-state index contributed by atoms with van der Waals surface area (Å²) < 4.78 is 45.3. The fourth-order valence-electron chi connectivity index (χ4n) is 3.84. The SMILES string of the molecule is CCN(CC)S(=O)(=O)c1cccc(-c2nnc(SCc3ccc(C(=O)OC)o3)n2-c2cccc(OC)c2)c1. The molecule has 0 aliphatic carbocycles. The van der Waals surface area contributed by atoms with Crippen LogP contribution in [0.3, 0.4) is 0 Å². The van der Waals surface area contributed by atoms with Gasteiger partial charge in [0.05, 0.1) is 30.6 Å². The van der Waals surface area contributed by atoms with E-state index in [0.717, 1.165) is 5.69 Å². The number of rotatable bonds is 11. The van der Waals surface area contributed by atoms with Crippen LogP contribution in [0.2, 0.25) is 0 Å². The van der Waals surface area contributed by atoms with Crippen molar-refractivity contribution in [3.8, 4) is 22.8 Å². The van der Waals surface area contributed by atoms with Crippen LogP contribution in [0.25, 0.3) is 17.1 Å². The molecule has 2 aromatic carbocycles. The van der Waals surface area contributed by atoms with Crippen molar-refractivity contribution in [3.63, 3.8) is 0 Å². The fourth-order valence-corrected chi connectivity index (χ4v) is 6.19. The summed E-state index contributed by atoms with van der Waals surface area (Å²) in [5.41, 5.74) is 1.32. The van der Waals surface area contributed by atoms with Crippen molar-refractivity contribution in [2.45, 2.75) is 29.7 Å². The summed E-state index contributed by atoms with van der Waals surface area (Å²) in [6.45, 7) is 4.35. The van der Waals surface area contributed by atoms with E-state index in [1.807, 2.05) is 28.8 Å². The molecule has 200 valence electrons. The Balaban J connectivity index is 1.75. The van der Waals surface area contributed by atoms with Crippen molar-refractivity contribution in [2.75, 3.05) is 27.3 Å². The molecule has 0 spiro atoms. The molecular formula is C26H28N4O6S2. The van der Waals surface area contributed by atoms with Gasteiger partial charge in [-0.1, -0.05) is 43.8 Å². The van der Waals surface area contributed by atoms with Crippen LogP contribution < -0.4 is 4.74 Å². The molecule has 4 aromatic rings. The van der Waals surface area contributed by atoms with Crippen molar-refractivity contribution in [1.82, 2.24) is 19.1 Å². The highest BCUT2D eigenvalue weighted by molar-refractivity contribution is 7.98. The molecule has 2 heterocycles. The zero-order chi connectivity index (χ0) is 27.3. The van der Waals surface area contributed by atoms with E-state index in [1.165, 1.54) is 23.2 Å². The maximum absolute atomic E-state index is 13.2. The minimum Gasteiger partial charge on any atom is -0.497 e. The first-order chi connectivity index (χ1) is 18.3. The highest BCUT2D eigenvalue weighted by Crippen LogP contribution is 2.32. The van der Waals surface area contributed by atoms with E-state index in [2.05, 4.69) is 10.2 Å². The third-order valence-corrected chi connectivity index (χ3v) is 8.77. The normalized spacial score (nSPS) is 11.6. The van der Waals surface area contributed by atoms with Crippen LogP contribution in [0, 0.1) is 0 Å². The first-order valence-corrected chi connectivity index (χ1v) is 14.2. The Morgan fingerprint density at radius 2 is 1.79 bits per heavy atom. The molecule has 10 nitrogen and oxygen atoms in total. The van der Waals surface area contributed by atoms with Crippen molar-refractivity contribution in [3.05, 3.63) is 72.2 Å². The van der Waals surface area contributed by atoms with E-state index in [1.54, 1.807) is 57.4 Å². The number of aromatic nitrogens is 3. The molecule has 0 amide bonds. The lowest BCUT2D eigenvalue weighted by atomic mass is 10.2. The fraction of sp³-hybridized carbons (Fsp3) is 0.269. The van der Waals surface area contributed by atoms with E-state index in [0.29, 0.717) is 46.9 Å². The average molecular weight is 557 g/mol. The van der Waals surface area contributed by atoms with Crippen LogP contribution in [0.4, 0.5) is 0 Å². The molecule has 0 radical (unpaired) electrons. The lowest BCUT2D eigenvalue weighted by Gasteiger charge is -2.19. The molecule has 0 aliphatic heterocycles. The molecule has 2 aromatic heterocycles. The second kappa shape index (κ2) is 11.8. The lowest BCUT2D eigenvalue weighted by Crippen LogP contribution is -2.30. The van der Waals surface area contributed by atoms with Gasteiger partial charge in [0.2, 0.25) is 15.8 Å². The van der Waals surface area contributed by atoms with Crippen molar-refractivity contribution in [2.24, 2.45) is 0 Å². The largest absolute Gasteiger partial charge is 0.497 e. The standard InChI is InChI=1S/C26H28N4O6S2/c1-5-29(6-2)38(32,33)22-12-7-9-18(15-22)24-27-28-26(30(24)19-10-8-11-20(16-19)34-3)37-17-21-13-14-23(36-21)25(31)35-4/h7-16H,5-6,17H2,1-4H3. The van der Waals surface area contributed by atoms with E-state index < -0.39 is 16.0 Å². The Morgan fingerprint density at radius 3 is 2.50 bits per heavy atom. The van der Waals surface area contributed by atoms with Gasteiger partial charge in [-0.2, -0.15) is 4.31 Å². The Morgan fingerprint density at radius 1 is 1.03 bits per heavy atom. The first kappa shape index (κ1) is 27.4. The number of sulfonamides is 1. The summed E-state index contributed by atoms with van der Waals surface area (Å²) in [6, 6.07) is 17.3. The Hall–Kier alpha value is -3.61. The molecule has 0 bridgehead atoms. The number of carbonyl (C=O) groups excluding carboxylic acids is 1. The zero-order valence-electron chi connectivity index (χ0n) is 21.4. The van der Waals surface area contributed by atoms with Crippen LogP contribution in [-0.2, 0) is 20.5 Å². The van der Waals surface area contributed by atoms with Gasteiger partial charge in [0, 0.05) is 24.7 Å². The number of ether oxygens (including phenoxy) is 2. The second-order valence-corrected chi connectivity index (χ2v) is 10.9. The zero-order valence-corrected chi connectivity index (χ0v) is 23.1. The van der Waals surface area contributed by atoms with E-state index in [4.69, 9.17) is 13.9 Å². The van der Waals surface area contributed by atoms with Crippen LogP contribution >= 0.6 is 11.8 Å². The average Bonchev–Trinajstić information content (AvgIpc) is 3.59. The van der Waals surface area contributed by atoms with Crippen LogP contribution in [0.15, 0.2) is 75.1 Å². The Kier molecular flexibility index (Phi) is 8.55. The van der Waals surface area contributed by atoms with Crippen LogP contribution in [0.1, 0.15) is 30.2 Å². The highest BCUT2D eigenvalue weighted by atomic mass is 32.2. The summed E-state index contributed by atoms with van der Waals surface area (Å²) in [5.74, 6) is 1.60. The topological polar surface area (TPSA) is 117 Å². The summed E-state index contributed by atoms with van der Waals surface area (Å²) in [4.78, 5) is 11.9. The molecule has 12 heteroatoms. The number of carbonyl (C=O) groups is 1. The molecule has 0 atom stereocenters. The lowest BCUT2D eigenvalue weighted by molar-refractivity contribution is 0.0563. The molecular weight excluding hydrogens is 528 g/mol. The van der Waals surface area contributed by atoms with Gasteiger partial charge >= 0.3 is 5.97 Å². The first-order valence-electron chi connectivity index (χ1n) is 11.8. The quantitative estimate of drug-likeness (QED) is 0.192. The number of benzene rings is 2. The smallest absolute Gasteiger partial charge is 0.373 e. The highest BCUT2D eigenvalue weighted by Gasteiger charge is 2.24. The predicted octanol–water partition coefficient (Wildman–Crippen LogP) is 4.65. The number of methoxy groups -OCH3 is 2. The molecule has 0 saturated heterocycles. The van der Waals surface area contributed by atoms with Gasteiger partial charge in [-0.05, 0) is 36.4 Å². The van der Waals surface area contributed by atoms with Crippen LogP contribution in [-0.4, -0.2) is 60.8 Å². The number of hydrogen-bond donors (Lipinski definition) is 0.